The van der Waals surface area contributed by atoms with Gasteiger partial charge in [0.15, 0.2) is 0 Å². The molecule has 1 fully saturated rings. The second-order valence-corrected chi connectivity index (χ2v) is 6.39. The number of benzene rings is 1. The number of carboxylic acids is 1. The third-order valence-electron chi connectivity index (χ3n) is 3.30. The fourth-order valence-corrected chi connectivity index (χ4v) is 3.33. The quantitative estimate of drug-likeness (QED) is 0.868. The first-order valence-electron chi connectivity index (χ1n) is 6.47. The summed E-state index contributed by atoms with van der Waals surface area (Å²) in [5, 5.41) is 9.60. The van der Waals surface area contributed by atoms with E-state index >= 15 is 0 Å². The molecule has 0 saturated carbocycles. The molecule has 1 unspecified atom stereocenters. The highest BCUT2D eigenvalue weighted by Gasteiger charge is 2.32. The topological polar surface area (TPSA) is 57.6 Å². The molecule has 0 bridgehead atoms. The fraction of sp³-hybridized carbons (Fsp3) is 0.429. The Morgan fingerprint density at radius 1 is 1.50 bits per heavy atom. The smallest absolute Gasteiger partial charge is 0.308 e. The number of nitrogens with zero attached hydrogens (tertiary/aromatic N) is 1. The summed E-state index contributed by atoms with van der Waals surface area (Å²) in [5.74, 6) is -0.548. The second kappa shape index (κ2) is 6.50. The van der Waals surface area contributed by atoms with Gasteiger partial charge >= 0.3 is 5.97 Å². The van der Waals surface area contributed by atoms with Crippen molar-refractivity contribution in [2.45, 2.75) is 18.2 Å². The molecule has 1 aromatic rings. The van der Waals surface area contributed by atoms with Crippen molar-refractivity contribution in [1.82, 2.24) is 4.90 Å². The highest BCUT2D eigenvalue weighted by atomic mass is 35.5. The number of carboxylic acid groups (broad SMARTS) is 1. The molecule has 108 valence electrons. The molecule has 6 heteroatoms. The van der Waals surface area contributed by atoms with Gasteiger partial charge in [-0.05, 0) is 30.4 Å². The molecule has 1 aromatic carbocycles. The molecule has 1 atom stereocenters. The average molecular weight is 314 g/mol. The molecule has 4 nitrogen and oxygen atoms in total. The molecule has 20 heavy (non-hydrogen) atoms. The number of likely N-dealkylation sites (tertiary alicyclic amines) is 1. The third-order valence-corrected chi connectivity index (χ3v) is 4.47. The van der Waals surface area contributed by atoms with Crippen molar-refractivity contribution in [3.8, 4) is 0 Å². The lowest BCUT2D eigenvalue weighted by atomic mass is 10.1. The van der Waals surface area contributed by atoms with E-state index in [1.165, 1.54) is 0 Å². The molecule has 0 spiro atoms. The van der Waals surface area contributed by atoms with Crippen molar-refractivity contribution in [2.75, 3.05) is 18.8 Å². The maximum Gasteiger partial charge on any atom is 0.308 e. The first-order chi connectivity index (χ1) is 9.52. The molecule has 0 aromatic heterocycles. The van der Waals surface area contributed by atoms with Gasteiger partial charge in [0, 0.05) is 23.0 Å². The van der Waals surface area contributed by atoms with Gasteiger partial charge in [0.2, 0.25) is 0 Å². The number of rotatable bonds is 4. The number of hydrogen-bond donors (Lipinski definition) is 1. The van der Waals surface area contributed by atoms with E-state index in [9.17, 15) is 9.59 Å². The zero-order valence-corrected chi connectivity index (χ0v) is 12.7. The molecule has 1 aliphatic heterocycles. The Kier molecular flexibility index (Phi) is 4.94. The Balaban J connectivity index is 2.19. The first kappa shape index (κ1) is 15.2. The van der Waals surface area contributed by atoms with Crippen LogP contribution in [0.2, 0.25) is 5.02 Å². The lowest BCUT2D eigenvalue weighted by molar-refractivity contribution is -0.141. The normalized spacial score (nSPS) is 18.3. The lowest BCUT2D eigenvalue weighted by Crippen LogP contribution is -2.30. The zero-order chi connectivity index (χ0) is 14.7. The third kappa shape index (κ3) is 3.27. The fourth-order valence-electron chi connectivity index (χ4n) is 2.26. The number of amides is 1. The van der Waals surface area contributed by atoms with E-state index in [4.69, 9.17) is 16.7 Å². The van der Waals surface area contributed by atoms with Crippen LogP contribution in [-0.2, 0) is 4.79 Å². The summed E-state index contributed by atoms with van der Waals surface area (Å²) in [7, 11) is 0. The highest BCUT2D eigenvalue weighted by Crippen LogP contribution is 2.28. The van der Waals surface area contributed by atoms with Crippen LogP contribution >= 0.6 is 23.4 Å². The maximum absolute atomic E-state index is 12.5. The van der Waals surface area contributed by atoms with Crippen LogP contribution in [0.3, 0.4) is 0 Å². The van der Waals surface area contributed by atoms with Crippen LogP contribution in [0.25, 0.3) is 0 Å². The van der Waals surface area contributed by atoms with E-state index in [0.717, 1.165) is 10.6 Å². The van der Waals surface area contributed by atoms with Gasteiger partial charge in [-0.25, -0.2) is 0 Å². The Morgan fingerprint density at radius 3 is 2.85 bits per heavy atom. The highest BCUT2D eigenvalue weighted by molar-refractivity contribution is 7.99. The SMILES string of the molecule is CCSc1cc(Cl)ccc1C(=O)N1CCC(C(=O)O)C1. The predicted octanol–water partition coefficient (Wildman–Crippen LogP) is 3.00. The van der Waals surface area contributed by atoms with Crippen LogP contribution in [-0.4, -0.2) is 40.7 Å². The van der Waals surface area contributed by atoms with Gasteiger partial charge in [-0.1, -0.05) is 18.5 Å². The molecular weight excluding hydrogens is 298 g/mol. The van der Waals surface area contributed by atoms with E-state index in [0.29, 0.717) is 23.6 Å². The molecule has 2 rings (SSSR count). The Bertz CT molecular complexity index is 535. The van der Waals surface area contributed by atoms with Gasteiger partial charge in [-0.2, -0.15) is 0 Å². The summed E-state index contributed by atoms with van der Waals surface area (Å²) in [6.45, 7) is 2.79. The number of thioether (sulfide) groups is 1. The molecule has 1 heterocycles. The van der Waals surface area contributed by atoms with Gasteiger partial charge in [0.05, 0.1) is 11.5 Å². The molecule has 1 aliphatic rings. The van der Waals surface area contributed by atoms with Crippen LogP contribution in [0.4, 0.5) is 0 Å². The van der Waals surface area contributed by atoms with Crippen LogP contribution in [0.5, 0.6) is 0 Å². The number of carbonyl (C=O) groups excluding carboxylic acids is 1. The van der Waals surface area contributed by atoms with Crippen molar-refractivity contribution in [3.63, 3.8) is 0 Å². The van der Waals surface area contributed by atoms with E-state index < -0.39 is 11.9 Å². The summed E-state index contributed by atoms with van der Waals surface area (Å²) < 4.78 is 0. The van der Waals surface area contributed by atoms with Crippen molar-refractivity contribution in [1.29, 1.82) is 0 Å². The number of halogens is 1. The summed E-state index contributed by atoms with van der Waals surface area (Å²) in [6.07, 6.45) is 0.519. The minimum atomic E-state index is -0.834. The first-order valence-corrected chi connectivity index (χ1v) is 7.83. The van der Waals surface area contributed by atoms with Gasteiger partial charge in [-0.3, -0.25) is 9.59 Å². The van der Waals surface area contributed by atoms with E-state index in [1.54, 1.807) is 34.9 Å². The minimum Gasteiger partial charge on any atom is -0.481 e. The average Bonchev–Trinajstić information content (AvgIpc) is 2.88. The molecule has 1 amide bonds. The van der Waals surface area contributed by atoms with E-state index in [2.05, 4.69) is 0 Å². The zero-order valence-electron chi connectivity index (χ0n) is 11.1. The summed E-state index contributed by atoms with van der Waals surface area (Å²) in [4.78, 5) is 25.9. The Labute approximate surface area is 127 Å². The summed E-state index contributed by atoms with van der Waals surface area (Å²) >= 11 is 7.53. The molecule has 0 radical (unpaired) electrons. The minimum absolute atomic E-state index is 0.110. The van der Waals surface area contributed by atoms with Gasteiger partial charge in [0.1, 0.15) is 0 Å². The van der Waals surface area contributed by atoms with Crippen molar-refractivity contribution >= 4 is 35.2 Å². The number of aliphatic carboxylic acids is 1. The van der Waals surface area contributed by atoms with Crippen molar-refractivity contribution in [3.05, 3.63) is 28.8 Å². The Morgan fingerprint density at radius 2 is 2.25 bits per heavy atom. The number of carbonyl (C=O) groups is 2. The van der Waals surface area contributed by atoms with Crippen LogP contribution in [0.15, 0.2) is 23.1 Å². The lowest BCUT2D eigenvalue weighted by Gasteiger charge is -2.18. The molecular formula is C14H16ClNO3S. The largest absolute Gasteiger partial charge is 0.481 e. The standard InChI is InChI=1S/C14H16ClNO3S/c1-2-20-12-7-10(15)3-4-11(12)13(17)16-6-5-9(8-16)14(18)19/h3-4,7,9H,2,5-6,8H2,1H3,(H,18,19). The van der Waals surface area contributed by atoms with E-state index in [1.807, 2.05) is 6.92 Å². The van der Waals surface area contributed by atoms with Crippen molar-refractivity contribution in [2.24, 2.45) is 5.92 Å². The summed E-state index contributed by atoms with van der Waals surface area (Å²) in [5.41, 5.74) is 0.604. The summed E-state index contributed by atoms with van der Waals surface area (Å²) in [6, 6.07) is 5.20. The van der Waals surface area contributed by atoms with Crippen LogP contribution in [0.1, 0.15) is 23.7 Å². The van der Waals surface area contributed by atoms with Crippen molar-refractivity contribution < 1.29 is 14.7 Å². The van der Waals surface area contributed by atoms with Gasteiger partial charge in [-0.15, -0.1) is 11.8 Å². The predicted molar refractivity (Wildman–Crippen MR) is 79.5 cm³/mol. The molecule has 0 aliphatic carbocycles. The van der Waals surface area contributed by atoms with Crippen LogP contribution < -0.4 is 0 Å². The Hall–Kier alpha value is -1.20. The maximum atomic E-state index is 12.5. The van der Waals surface area contributed by atoms with Crippen LogP contribution in [0, 0.1) is 5.92 Å². The second-order valence-electron chi connectivity index (χ2n) is 4.65. The molecule has 1 saturated heterocycles. The van der Waals surface area contributed by atoms with E-state index in [-0.39, 0.29) is 12.5 Å². The van der Waals surface area contributed by atoms with Gasteiger partial charge in [0.25, 0.3) is 5.91 Å². The van der Waals surface area contributed by atoms with Gasteiger partial charge < -0.3 is 10.0 Å². The number of hydrogen-bond acceptors (Lipinski definition) is 3. The molecule has 1 N–H and O–H groups in total. The monoisotopic (exact) mass is 313 g/mol.